The van der Waals surface area contributed by atoms with Crippen molar-refractivity contribution >= 4 is 37.5 Å². The summed E-state index contributed by atoms with van der Waals surface area (Å²) < 4.78 is 28.1. The van der Waals surface area contributed by atoms with Crippen LogP contribution >= 0.6 is 15.9 Å². The predicted molar refractivity (Wildman–Crippen MR) is 83.5 cm³/mol. The first-order chi connectivity index (χ1) is 9.42. The second kappa shape index (κ2) is 5.80. The molecule has 5 nitrogen and oxygen atoms in total. The number of aromatic nitrogens is 1. The van der Waals surface area contributed by atoms with E-state index in [0.29, 0.717) is 11.5 Å². The van der Waals surface area contributed by atoms with E-state index < -0.39 is 10.0 Å². The highest BCUT2D eigenvalue weighted by Crippen LogP contribution is 2.23. The molecule has 0 aliphatic heterocycles. The molecular formula is C13H14BrN3O2S. The highest BCUT2D eigenvalue weighted by Gasteiger charge is 2.16. The maximum Gasteiger partial charge on any atom is 0.262 e. The van der Waals surface area contributed by atoms with Gasteiger partial charge in [-0.1, -0.05) is 15.9 Å². The molecule has 0 aliphatic carbocycles. The zero-order valence-electron chi connectivity index (χ0n) is 11.0. The zero-order chi connectivity index (χ0) is 14.8. The number of sulfonamides is 1. The van der Waals surface area contributed by atoms with E-state index in [1.165, 1.54) is 18.3 Å². The number of anilines is 2. The molecule has 0 spiro atoms. The molecule has 0 fully saturated rings. The normalized spacial score (nSPS) is 11.2. The average molecular weight is 356 g/mol. The standard InChI is InChI=1S/C13H14BrN3O2S/c1-9-7-10(14)3-4-12(9)17-20(18,19)11-5-6-16-13(8-11)15-2/h3-8,17H,1-2H3,(H,15,16). The molecule has 1 aromatic carbocycles. The molecule has 0 amide bonds. The van der Waals surface area contributed by atoms with Crippen LogP contribution in [0.5, 0.6) is 0 Å². The number of hydrogen-bond donors (Lipinski definition) is 2. The number of rotatable bonds is 4. The zero-order valence-corrected chi connectivity index (χ0v) is 13.4. The number of benzene rings is 1. The lowest BCUT2D eigenvalue weighted by Crippen LogP contribution is -2.14. The van der Waals surface area contributed by atoms with Crippen LogP contribution in [0.25, 0.3) is 0 Å². The molecule has 0 unspecified atom stereocenters. The summed E-state index contributed by atoms with van der Waals surface area (Å²) in [5.41, 5.74) is 1.39. The first kappa shape index (κ1) is 14.8. The van der Waals surface area contributed by atoms with Crippen LogP contribution in [0.15, 0.2) is 45.9 Å². The number of nitrogens with one attached hydrogen (secondary N) is 2. The van der Waals surface area contributed by atoms with Gasteiger partial charge in [0.05, 0.1) is 10.6 Å². The average Bonchev–Trinajstić information content (AvgIpc) is 2.42. The van der Waals surface area contributed by atoms with Crippen molar-refractivity contribution in [3.8, 4) is 0 Å². The molecule has 1 heterocycles. The minimum absolute atomic E-state index is 0.166. The van der Waals surface area contributed by atoms with E-state index >= 15 is 0 Å². The molecule has 2 aromatic rings. The van der Waals surface area contributed by atoms with Gasteiger partial charge in [-0.2, -0.15) is 0 Å². The highest BCUT2D eigenvalue weighted by molar-refractivity contribution is 9.10. The second-order valence-corrected chi connectivity index (χ2v) is 6.79. The highest BCUT2D eigenvalue weighted by atomic mass is 79.9. The molecule has 0 radical (unpaired) electrons. The fraction of sp³-hybridized carbons (Fsp3) is 0.154. The van der Waals surface area contributed by atoms with E-state index in [4.69, 9.17) is 0 Å². The molecule has 0 aliphatic rings. The van der Waals surface area contributed by atoms with Gasteiger partial charge in [-0.05, 0) is 36.8 Å². The van der Waals surface area contributed by atoms with Gasteiger partial charge in [0.1, 0.15) is 5.82 Å². The number of nitrogens with zero attached hydrogens (tertiary/aromatic N) is 1. The Hall–Kier alpha value is -1.60. The third-order valence-corrected chi connectivity index (χ3v) is 4.59. The maximum atomic E-state index is 12.3. The van der Waals surface area contributed by atoms with Crippen molar-refractivity contribution in [3.63, 3.8) is 0 Å². The van der Waals surface area contributed by atoms with Crippen LogP contribution in [-0.4, -0.2) is 20.4 Å². The summed E-state index contributed by atoms with van der Waals surface area (Å²) in [6.45, 7) is 1.84. The van der Waals surface area contributed by atoms with Gasteiger partial charge in [0.25, 0.3) is 10.0 Å². The van der Waals surface area contributed by atoms with Crippen molar-refractivity contribution in [3.05, 3.63) is 46.6 Å². The summed E-state index contributed by atoms with van der Waals surface area (Å²) in [5.74, 6) is 0.500. The third kappa shape index (κ3) is 3.29. The summed E-state index contributed by atoms with van der Waals surface area (Å²) in [6.07, 6.45) is 1.45. The van der Waals surface area contributed by atoms with E-state index in [1.807, 2.05) is 13.0 Å². The Bertz CT molecular complexity index is 732. The summed E-state index contributed by atoms with van der Waals surface area (Å²) in [5, 5.41) is 2.81. The molecule has 20 heavy (non-hydrogen) atoms. The second-order valence-electron chi connectivity index (χ2n) is 4.19. The fourth-order valence-electron chi connectivity index (χ4n) is 1.66. The lowest BCUT2D eigenvalue weighted by molar-refractivity contribution is 0.601. The fourth-order valence-corrected chi connectivity index (χ4v) is 3.28. The van der Waals surface area contributed by atoms with Crippen LogP contribution in [0, 0.1) is 6.92 Å². The Balaban J connectivity index is 2.35. The van der Waals surface area contributed by atoms with Gasteiger partial charge in [0, 0.05) is 23.8 Å². The van der Waals surface area contributed by atoms with Crippen molar-refractivity contribution < 1.29 is 8.42 Å². The third-order valence-electron chi connectivity index (χ3n) is 2.73. The number of hydrogen-bond acceptors (Lipinski definition) is 4. The van der Waals surface area contributed by atoms with Gasteiger partial charge in [0.15, 0.2) is 0 Å². The number of pyridine rings is 1. The van der Waals surface area contributed by atoms with Crippen LogP contribution in [0.3, 0.4) is 0 Å². The Labute approximate surface area is 126 Å². The van der Waals surface area contributed by atoms with Crippen LogP contribution in [-0.2, 0) is 10.0 Å². The van der Waals surface area contributed by atoms with Crippen LogP contribution in [0.1, 0.15) is 5.56 Å². The van der Waals surface area contributed by atoms with Crippen LogP contribution < -0.4 is 10.0 Å². The Morgan fingerprint density at radius 1 is 1.20 bits per heavy atom. The topological polar surface area (TPSA) is 71.1 Å². The molecule has 2 rings (SSSR count). The van der Waals surface area contributed by atoms with E-state index in [-0.39, 0.29) is 4.90 Å². The Kier molecular flexibility index (Phi) is 4.29. The van der Waals surface area contributed by atoms with Gasteiger partial charge >= 0.3 is 0 Å². The molecule has 106 valence electrons. The quantitative estimate of drug-likeness (QED) is 0.884. The monoisotopic (exact) mass is 355 g/mol. The van der Waals surface area contributed by atoms with Crippen molar-refractivity contribution in [2.24, 2.45) is 0 Å². The minimum Gasteiger partial charge on any atom is -0.373 e. The molecule has 0 saturated carbocycles. The Morgan fingerprint density at radius 3 is 2.60 bits per heavy atom. The predicted octanol–water partition coefficient (Wildman–Crippen LogP) is 3.00. The molecule has 0 atom stereocenters. The Morgan fingerprint density at radius 2 is 1.95 bits per heavy atom. The van der Waals surface area contributed by atoms with Gasteiger partial charge in [-0.3, -0.25) is 4.72 Å². The SMILES string of the molecule is CNc1cc(S(=O)(=O)Nc2ccc(Br)cc2C)ccn1. The largest absolute Gasteiger partial charge is 0.373 e. The molecular weight excluding hydrogens is 342 g/mol. The van der Waals surface area contributed by atoms with E-state index in [9.17, 15) is 8.42 Å². The molecule has 0 saturated heterocycles. The maximum absolute atomic E-state index is 12.3. The van der Waals surface area contributed by atoms with Crippen molar-refractivity contribution in [1.29, 1.82) is 0 Å². The van der Waals surface area contributed by atoms with Gasteiger partial charge in [-0.15, -0.1) is 0 Å². The summed E-state index contributed by atoms with van der Waals surface area (Å²) in [7, 11) is -1.94. The number of halogens is 1. The molecule has 2 N–H and O–H groups in total. The van der Waals surface area contributed by atoms with E-state index in [0.717, 1.165) is 10.0 Å². The van der Waals surface area contributed by atoms with Crippen molar-refractivity contribution in [1.82, 2.24) is 4.98 Å². The van der Waals surface area contributed by atoms with Crippen molar-refractivity contribution in [2.75, 3.05) is 17.1 Å². The smallest absolute Gasteiger partial charge is 0.262 e. The van der Waals surface area contributed by atoms with Gasteiger partial charge in [0.2, 0.25) is 0 Å². The van der Waals surface area contributed by atoms with Gasteiger partial charge < -0.3 is 5.32 Å². The summed E-state index contributed by atoms with van der Waals surface area (Å²) in [6, 6.07) is 8.30. The summed E-state index contributed by atoms with van der Waals surface area (Å²) >= 11 is 3.35. The van der Waals surface area contributed by atoms with E-state index in [1.54, 1.807) is 19.2 Å². The first-order valence-corrected chi connectivity index (χ1v) is 8.13. The molecule has 1 aromatic heterocycles. The van der Waals surface area contributed by atoms with Crippen LogP contribution in [0.4, 0.5) is 11.5 Å². The molecule has 0 bridgehead atoms. The first-order valence-electron chi connectivity index (χ1n) is 5.85. The number of aryl methyl sites for hydroxylation is 1. The van der Waals surface area contributed by atoms with E-state index in [2.05, 4.69) is 31.0 Å². The minimum atomic E-state index is -3.63. The molecule has 7 heteroatoms. The summed E-state index contributed by atoms with van der Waals surface area (Å²) in [4.78, 5) is 4.16. The van der Waals surface area contributed by atoms with Gasteiger partial charge in [-0.25, -0.2) is 13.4 Å². The lowest BCUT2D eigenvalue weighted by atomic mass is 10.2. The van der Waals surface area contributed by atoms with Crippen molar-refractivity contribution in [2.45, 2.75) is 11.8 Å². The lowest BCUT2D eigenvalue weighted by Gasteiger charge is -2.11. The van der Waals surface area contributed by atoms with Crippen LogP contribution in [0.2, 0.25) is 0 Å².